The summed E-state index contributed by atoms with van der Waals surface area (Å²) in [6, 6.07) is 1.27. The van der Waals surface area contributed by atoms with Crippen molar-refractivity contribution in [1.29, 1.82) is 0 Å². The summed E-state index contributed by atoms with van der Waals surface area (Å²) in [6.07, 6.45) is 3.58. The Morgan fingerprint density at radius 1 is 1.56 bits per heavy atom. The van der Waals surface area contributed by atoms with Crippen LogP contribution in [0.15, 0.2) is 23.0 Å². The molecule has 0 aromatic carbocycles. The van der Waals surface area contributed by atoms with Crippen molar-refractivity contribution in [2.45, 2.75) is 19.9 Å². The fraction of sp³-hybridized carbons (Fsp3) is 0.385. The second-order valence-corrected chi connectivity index (χ2v) is 4.46. The normalized spacial score (nSPS) is 18.4. The molecule has 96 valence electrons. The maximum absolute atomic E-state index is 12.3. The quantitative estimate of drug-likeness (QED) is 0.742. The number of rotatable bonds is 2. The number of aliphatic hydroxyl groups is 1. The van der Waals surface area contributed by atoms with Crippen LogP contribution in [0.3, 0.4) is 0 Å². The largest absolute Gasteiger partial charge is 0.394 e. The molecule has 0 spiro atoms. The Labute approximate surface area is 105 Å². The molecule has 2 heterocycles. The van der Waals surface area contributed by atoms with E-state index >= 15 is 0 Å². The third-order valence-corrected chi connectivity index (χ3v) is 3.24. The summed E-state index contributed by atoms with van der Waals surface area (Å²) in [4.78, 5) is 28.2. The molecular formula is C13H16N2O3. The van der Waals surface area contributed by atoms with Crippen LogP contribution in [-0.2, 0) is 0 Å². The molecule has 0 bridgehead atoms. The van der Waals surface area contributed by atoms with Gasteiger partial charge in [0.15, 0.2) is 0 Å². The van der Waals surface area contributed by atoms with Crippen LogP contribution in [0.2, 0.25) is 0 Å². The topological polar surface area (TPSA) is 73.4 Å². The van der Waals surface area contributed by atoms with Crippen LogP contribution in [0, 0.1) is 13.8 Å². The molecule has 0 aliphatic carbocycles. The number of aromatic nitrogens is 1. The predicted octanol–water partition coefficient (Wildman–Crippen LogP) is 0.365. The van der Waals surface area contributed by atoms with E-state index in [1.54, 1.807) is 19.1 Å². The summed E-state index contributed by atoms with van der Waals surface area (Å²) in [5, 5.41) is 9.17. The molecule has 1 amide bonds. The van der Waals surface area contributed by atoms with Crippen molar-refractivity contribution in [3.8, 4) is 0 Å². The minimum atomic E-state index is -0.383. The fourth-order valence-corrected chi connectivity index (χ4v) is 2.00. The zero-order valence-electron chi connectivity index (χ0n) is 10.4. The summed E-state index contributed by atoms with van der Waals surface area (Å²) in [5.74, 6) is -0.344. The highest BCUT2D eigenvalue weighted by molar-refractivity contribution is 5.94. The van der Waals surface area contributed by atoms with Gasteiger partial charge in [0.1, 0.15) is 5.56 Å². The number of aromatic amines is 1. The first-order valence-electron chi connectivity index (χ1n) is 5.83. The Hall–Kier alpha value is -1.88. The molecule has 1 atom stereocenters. The number of hydrogen-bond donors (Lipinski definition) is 2. The standard InChI is InChI=1S/C13H16N2O3/c1-8-6-11(12(17)14-9(8)2)13(18)15-5-3-4-10(15)7-16/h3-4,6,10,16H,5,7H2,1-2H3,(H,14,17). The van der Waals surface area contributed by atoms with Crippen molar-refractivity contribution in [2.75, 3.05) is 13.2 Å². The van der Waals surface area contributed by atoms with Crippen molar-refractivity contribution in [3.63, 3.8) is 0 Å². The smallest absolute Gasteiger partial charge is 0.261 e. The minimum Gasteiger partial charge on any atom is -0.394 e. The van der Waals surface area contributed by atoms with Crippen molar-refractivity contribution in [3.05, 3.63) is 45.4 Å². The van der Waals surface area contributed by atoms with E-state index in [9.17, 15) is 9.59 Å². The van der Waals surface area contributed by atoms with Crippen LogP contribution in [0.1, 0.15) is 21.6 Å². The number of hydrogen-bond acceptors (Lipinski definition) is 3. The molecule has 0 saturated carbocycles. The lowest BCUT2D eigenvalue weighted by Gasteiger charge is -2.22. The van der Waals surface area contributed by atoms with Gasteiger partial charge in [-0.15, -0.1) is 0 Å². The summed E-state index contributed by atoms with van der Waals surface area (Å²) in [5.41, 5.74) is 1.37. The molecule has 1 aliphatic rings. The summed E-state index contributed by atoms with van der Waals surface area (Å²) in [6.45, 7) is 3.92. The highest BCUT2D eigenvalue weighted by Crippen LogP contribution is 2.13. The van der Waals surface area contributed by atoms with Gasteiger partial charge in [0, 0.05) is 12.2 Å². The first-order chi connectivity index (χ1) is 8.54. The number of amides is 1. The number of carbonyl (C=O) groups excluding carboxylic acids is 1. The van der Waals surface area contributed by atoms with Gasteiger partial charge in [0.25, 0.3) is 11.5 Å². The number of nitrogens with one attached hydrogen (secondary N) is 1. The molecule has 2 N–H and O–H groups in total. The van der Waals surface area contributed by atoms with Crippen LogP contribution < -0.4 is 5.56 Å². The van der Waals surface area contributed by atoms with E-state index < -0.39 is 0 Å². The average molecular weight is 248 g/mol. The van der Waals surface area contributed by atoms with Gasteiger partial charge in [-0.3, -0.25) is 9.59 Å². The van der Waals surface area contributed by atoms with E-state index in [0.717, 1.165) is 11.3 Å². The molecule has 5 heteroatoms. The Balaban J connectivity index is 2.35. The Bertz CT molecular complexity index is 560. The molecule has 1 aromatic rings. The van der Waals surface area contributed by atoms with E-state index in [4.69, 9.17) is 5.11 Å². The maximum Gasteiger partial charge on any atom is 0.261 e. The van der Waals surface area contributed by atoms with Gasteiger partial charge in [-0.1, -0.05) is 12.2 Å². The van der Waals surface area contributed by atoms with Gasteiger partial charge in [-0.25, -0.2) is 0 Å². The Morgan fingerprint density at radius 2 is 2.28 bits per heavy atom. The number of aryl methyl sites for hydroxylation is 2. The SMILES string of the molecule is Cc1cc(C(=O)N2CC=CC2CO)c(=O)[nH]c1C. The van der Waals surface area contributed by atoms with E-state index in [-0.39, 0.29) is 29.7 Å². The van der Waals surface area contributed by atoms with Gasteiger partial charge < -0.3 is 15.0 Å². The molecular weight excluding hydrogens is 232 g/mol. The number of carbonyl (C=O) groups is 1. The Morgan fingerprint density at radius 3 is 2.94 bits per heavy atom. The van der Waals surface area contributed by atoms with Gasteiger partial charge in [-0.2, -0.15) is 0 Å². The van der Waals surface area contributed by atoms with E-state index in [0.29, 0.717) is 6.54 Å². The highest BCUT2D eigenvalue weighted by atomic mass is 16.3. The van der Waals surface area contributed by atoms with Crippen LogP contribution in [0.4, 0.5) is 0 Å². The molecule has 1 aromatic heterocycles. The van der Waals surface area contributed by atoms with Crippen LogP contribution in [0.5, 0.6) is 0 Å². The molecule has 1 aliphatic heterocycles. The predicted molar refractivity (Wildman–Crippen MR) is 67.6 cm³/mol. The minimum absolute atomic E-state index is 0.125. The third-order valence-electron chi connectivity index (χ3n) is 3.24. The van der Waals surface area contributed by atoms with Crippen LogP contribution in [0.25, 0.3) is 0 Å². The van der Waals surface area contributed by atoms with Gasteiger partial charge in [0.2, 0.25) is 0 Å². The van der Waals surface area contributed by atoms with Crippen LogP contribution >= 0.6 is 0 Å². The first kappa shape index (κ1) is 12.6. The second kappa shape index (κ2) is 4.78. The summed E-state index contributed by atoms with van der Waals surface area (Å²) in [7, 11) is 0. The van der Waals surface area contributed by atoms with Crippen molar-refractivity contribution in [2.24, 2.45) is 0 Å². The lowest BCUT2D eigenvalue weighted by molar-refractivity contribution is 0.0698. The first-order valence-corrected chi connectivity index (χ1v) is 5.83. The van der Waals surface area contributed by atoms with E-state index in [1.165, 1.54) is 4.90 Å². The molecule has 2 rings (SSSR count). The summed E-state index contributed by atoms with van der Waals surface area (Å²) >= 11 is 0. The van der Waals surface area contributed by atoms with E-state index in [1.807, 2.05) is 13.0 Å². The third kappa shape index (κ3) is 2.09. The number of aliphatic hydroxyl groups excluding tert-OH is 1. The highest BCUT2D eigenvalue weighted by Gasteiger charge is 2.26. The molecule has 0 fully saturated rings. The zero-order chi connectivity index (χ0) is 13.3. The van der Waals surface area contributed by atoms with Crippen molar-refractivity contribution < 1.29 is 9.90 Å². The maximum atomic E-state index is 12.3. The molecule has 18 heavy (non-hydrogen) atoms. The van der Waals surface area contributed by atoms with E-state index in [2.05, 4.69) is 4.98 Å². The van der Waals surface area contributed by atoms with Gasteiger partial charge in [-0.05, 0) is 25.5 Å². The van der Waals surface area contributed by atoms with Crippen molar-refractivity contribution in [1.82, 2.24) is 9.88 Å². The van der Waals surface area contributed by atoms with Crippen molar-refractivity contribution >= 4 is 5.91 Å². The number of nitrogens with zero attached hydrogens (tertiary/aromatic N) is 1. The molecule has 1 unspecified atom stereocenters. The average Bonchev–Trinajstić information content (AvgIpc) is 2.81. The molecule has 0 radical (unpaired) electrons. The second-order valence-electron chi connectivity index (χ2n) is 4.46. The van der Waals surface area contributed by atoms with Crippen LogP contribution in [-0.4, -0.2) is 40.1 Å². The molecule has 0 saturated heterocycles. The monoisotopic (exact) mass is 248 g/mol. The summed E-state index contributed by atoms with van der Waals surface area (Å²) < 4.78 is 0. The number of H-pyrrole nitrogens is 1. The number of pyridine rings is 1. The fourth-order valence-electron chi connectivity index (χ4n) is 2.00. The van der Waals surface area contributed by atoms with Gasteiger partial charge >= 0.3 is 0 Å². The zero-order valence-corrected chi connectivity index (χ0v) is 10.4. The van der Waals surface area contributed by atoms with Gasteiger partial charge in [0.05, 0.1) is 12.6 Å². The molecule has 5 nitrogen and oxygen atoms in total. The lowest BCUT2D eigenvalue weighted by atomic mass is 10.1. The Kier molecular flexibility index (Phi) is 3.34. The lowest BCUT2D eigenvalue weighted by Crippen LogP contribution is -2.40.